The molecule has 1 aromatic carbocycles. The summed E-state index contributed by atoms with van der Waals surface area (Å²) in [4.78, 5) is 12.5. The molecule has 2 N–H and O–H groups in total. The van der Waals surface area contributed by atoms with Crippen LogP contribution in [0.4, 0.5) is 10.5 Å². The van der Waals surface area contributed by atoms with Crippen molar-refractivity contribution in [2.75, 3.05) is 12.4 Å². The van der Waals surface area contributed by atoms with Crippen LogP contribution in [0.15, 0.2) is 36.5 Å². The number of benzene rings is 1. The second-order valence-corrected chi connectivity index (χ2v) is 6.88. The molecule has 24 heavy (non-hydrogen) atoms. The number of hydrogen-bond donors (Lipinski definition) is 2. The number of carbonyl (C=O) groups excluding carboxylic acids is 1. The molecule has 1 aromatic heterocycles. The number of methoxy groups -OCH3 is 1. The predicted molar refractivity (Wildman–Crippen MR) is 93.3 cm³/mol. The van der Waals surface area contributed by atoms with Gasteiger partial charge in [0.05, 0.1) is 18.8 Å². The first-order valence-corrected chi connectivity index (χ1v) is 8.10. The summed E-state index contributed by atoms with van der Waals surface area (Å²) in [6, 6.07) is 10.1. The normalized spacial score (nSPS) is 15.7. The largest absolute Gasteiger partial charge is 0.478 e. The number of nitrogens with one attached hydrogen (secondary N) is 2. The first-order chi connectivity index (χ1) is 11.4. The zero-order valence-electron chi connectivity index (χ0n) is 14.6. The summed E-state index contributed by atoms with van der Waals surface area (Å²) in [5, 5.41) is 10.2. The average Bonchev–Trinajstić information content (AvgIpc) is 3.25. The van der Waals surface area contributed by atoms with Gasteiger partial charge < -0.3 is 15.4 Å². The molecule has 3 rings (SSSR count). The van der Waals surface area contributed by atoms with Crippen molar-refractivity contribution in [1.82, 2.24) is 15.1 Å². The zero-order valence-corrected chi connectivity index (χ0v) is 14.6. The fraction of sp³-hybridized carbons (Fsp3) is 0.444. The van der Waals surface area contributed by atoms with E-state index < -0.39 is 0 Å². The van der Waals surface area contributed by atoms with E-state index >= 15 is 0 Å². The SMILES string of the molecule is COc1nn(C)cc1NC(=O)NC1(C(C)(C)c2ccccc2)CC1. The Morgan fingerprint density at radius 3 is 2.54 bits per heavy atom. The van der Waals surface area contributed by atoms with E-state index in [1.165, 1.54) is 12.7 Å². The third kappa shape index (κ3) is 2.84. The summed E-state index contributed by atoms with van der Waals surface area (Å²) in [5.74, 6) is 0.403. The highest BCUT2D eigenvalue weighted by atomic mass is 16.5. The van der Waals surface area contributed by atoms with Gasteiger partial charge in [0.15, 0.2) is 0 Å². The lowest BCUT2D eigenvalue weighted by Crippen LogP contribution is -2.51. The Morgan fingerprint density at radius 1 is 1.29 bits per heavy atom. The molecule has 2 aromatic rings. The van der Waals surface area contributed by atoms with Gasteiger partial charge in [0.1, 0.15) is 5.69 Å². The van der Waals surface area contributed by atoms with Gasteiger partial charge in [-0.15, -0.1) is 5.10 Å². The number of amides is 2. The third-order valence-corrected chi connectivity index (χ3v) is 5.03. The van der Waals surface area contributed by atoms with Crippen molar-refractivity contribution in [3.63, 3.8) is 0 Å². The molecule has 0 saturated heterocycles. The number of carbonyl (C=O) groups is 1. The summed E-state index contributed by atoms with van der Waals surface area (Å²) in [6.45, 7) is 4.36. The Morgan fingerprint density at radius 2 is 1.96 bits per heavy atom. The van der Waals surface area contributed by atoms with Gasteiger partial charge in [0.2, 0.25) is 0 Å². The minimum absolute atomic E-state index is 0.148. The molecule has 128 valence electrons. The molecule has 0 aliphatic heterocycles. The molecule has 1 aliphatic rings. The van der Waals surface area contributed by atoms with Gasteiger partial charge >= 0.3 is 6.03 Å². The molecule has 6 nitrogen and oxygen atoms in total. The number of rotatable bonds is 5. The molecule has 6 heteroatoms. The van der Waals surface area contributed by atoms with Crippen LogP contribution >= 0.6 is 0 Å². The lowest BCUT2D eigenvalue weighted by atomic mass is 9.75. The van der Waals surface area contributed by atoms with Crippen LogP contribution in [0.1, 0.15) is 32.3 Å². The summed E-state index contributed by atoms with van der Waals surface area (Å²) < 4.78 is 6.78. The van der Waals surface area contributed by atoms with Crippen molar-refractivity contribution in [3.05, 3.63) is 42.1 Å². The molecular weight excluding hydrogens is 304 g/mol. The maximum atomic E-state index is 12.5. The second kappa shape index (κ2) is 5.85. The first-order valence-electron chi connectivity index (χ1n) is 8.10. The minimum atomic E-state index is -0.234. The fourth-order valence-electron chi connectivity index (χ4n) is 3.24. The van der Waals surface area contributed by atoms with Gasteiger partial charge in [0.25, 0.3) is 5.88 Å². The van der Waals surface area contributed by atoms with Gasteiger partial charge in [0, 0.05) is 12.5 Å². The van der Waals surface area contributed by atoms with Crippen molar-refractivity contribution in [2.24, 2.45) is 7.05 Å². The van der Waals surface area contributed by atoms with Crippen molar-refractivity contribution >= 4 is 11.7 Å². The average molecular weight is 328 g/mol. The van der Waals surface area contributed by atoms with Gasteiger partial charge in [-0.05, 0) is 18.4 Å². The highest BCUT2D eigenvalue weighted by Gasteiger charge is 2.56. The first kappa shape index (κ1) is 16.4. The van der Waals surface area contributed by atoms with E-state index in [1.807, 2.05) is 18.2 Å². The van der Waals surface area contributed by atoms with Crippen LogP contribution in [0.5, 0.6) is 5.88 Å². The number of anilines is 1. The van der Waals surface area contributed by atoms with E-state index in [0.717, 1.165) is 12.8 Å². The highest BCUT2D eigenvalue weighted by Crippen LogP contribution is 2.51. The lowest BCUT2D eigenvalue weighted by molar-refractivity contribution is 0.236. The van der Waals surface area contributed by atoms with Gasteiger partial charge in [-0.25, -0.2) is 4.79 Å². The van der Waals surface area contributed by atoms with Crippen LogP contribution in [0.2, 0.25) is 0 Å². The maximum Gasteiger partial charge on any atom is 0.319 e. The van der Waals surface area contributed by atoms with Crippen molar-refractivity contribution in [3.8, 4) is 5.88 Å². The summed E-state index contributed by atoms with van der Waals surface area (Å²) in [6.07, 6.45) is 3.65. The Kier molecular flexibility index (Phi) is 3.99. The Labute approximate surface area is 142 Å². The van der Waals surface area contributed by atoms with Crippen molar-refractivity contribution in [1.29, 1.82) is 0 Å². The number of nitrogens with zero attached hydrogens (tertiary/aromatic N) is 2. The van der Waals surface area contributed by atoms with Crippen molar-refractivity contribution < 1.29 is 9.53 Å². The minimum Gasteiger partial charge on any atom is -0.478 e. The van der Waals surface area contributed by atoms with Crippen molar-refractivity contribution in [2.45, 2.75) is 37.6 Å². The van der Waals surface area contributed by atoms with E-state index in [-0.39, 0.29) is 17.0 Å². The van der Waals surface area contributed by atoms with Crippen LogP contribution in [-0.2, 0) is 12.5 Å². The quantitative estimate of drug-likeness (QED) is 0.886. The summed E-state index contributed by atoms with van der Waals surface area (Å²) >= 11 is 0. The predicted octanol–water partition coefficient (Wildman–Crippen LogP) is 3.06. The fourth-order valence-corrected chi connectivity index (χ4v) is 3.24. The van der Waals surface area contributed by atoms with E-state index in [4.69, 9.17) is 4.74 Å². The smallest absolute Gasteiger partial charge is 0.319 e. The maximum absolute atomic E-state index is 12.5. The monoisotopic (exact) mass is 328 g/mol. The van der Waals surface area contributed by atoms with E-state index in [2.05, 4.69) is 41.7 Å². The molecule has 1 saturated carbocycles. The van der Waals surface area contributed by atoms with E-state index in [1.54, 1.807) is 17.9 Å². The Bertz CT molecular complexity index is 733. The Balaban J connectivity index is 1.74. The molecule has 0 unspecified atom stereocenters. The van der Waals surface area contributed by atoms with Crippen LogP contribution in [0, 0.1) is 0 Å². The molecule has 1 heterocycles. The molecule has 0 radical (unpaired) electrons. The number of ether oxygens (including phenoxy) is 1. The third-order valence-electron chi connectivity index (χ3n) is 5.03. The topological polar surface area (TPSA) is 68.2 Å². The van der Waals surface area contributed by atoms with Crippen LogP contribution in [0.3, 0.4) is 0 Å². The number of aromatic nitrogens is 2. The van der Waals surface area contributed by atoms with Gasteiger partial charge in [-0.2, -0.15) is 0 Å². The zero-order chi connectivity index (χ0) is 17.4. The second-order valence-electron chi connectivity index (χ2n) is 6.88. The molecule has 2 amide bonds. The van der Waals surface area contributed by atoms with Gasteiger partial charge in [-0.3, -0.25) is 4.68 Å². The molecule has 1 aliphatic carbocycles. The standard InChI is InChI=1S/C18H24N4O2/c1-17(2,13-8-6-5-7-9-13)18(10-11-18)20-16(23)19-14-12-22(3)21-15(14)24-4/h5-9,12H,10-11H2,1-4H3,(H2,19,20,23). The molecule has 0 spiro atoms. The summed E-state index contributed by atoms with van der Waals surface area (Å²) in [7, 11) is 3.32. The number of hydrogen-bond acceptors (Lipinski definition) is 3. The Hall–Kier alpha value is -2.50. The highest BCUT2D eigenvalue weighted by molar-refractivity contribution is 5.91. The number of urea groups is 1. The van der Waals surface area contributed by atoms with Gasteiger partial charge in [-0.1, -0.05) is 44.2 Å². The van der Waals surface area contributed by atoms with Crippen LogP contribution < -0.4 is 15.4 Å². The van der Waals surface area contributed by atoms with Crippen LogP contribution in [-0.4, -0.2) is 28.5 Å². The molecule has 0 bridgehead atoms. The van der Waals surface area contributed by atoms with E-state index in [9.17, 15) is 4.79 Å². The van der Waals surface area contributed by atoms with E-state index in [0.29, 0.717) is 11.6 Å². The summed E-state index contributed by atoms with van der Waals surface area (Å²) in [5.41, 5.74) is 1.41. The molecular formula is C18H24N4O2. The molecule has 0 atom stereocenters. The molecule has 1 fully saturated rings. The number of aryl methyl sites for hydroxylation is 1. The van der Waals surface area contributed by atoms with Crippen LogP contribution in [0.25, 0.3) is 0 Å². The lowest BCUT2D eigenvalue weighted by Gasteiger charge is -2.36.